The fourth-order valence-corrected chi connectivity index (χ4v) is 3.33. The Labute approximate surface area is 85.6 Å². The molecule has 0 aliphatic heterocycles. The molecule has 3 atom stereocenters. The van der Waals surface area contributed by atoms with Crippen molar-refractivity contribution < 1.29 is 9.84 Å². The van der Waals surface area contributed by atoms with Gasteiger partial charge in [-0.05, 0) is 31.1 Å². The smallest absolute Gasteiger partial charge is 0.0576 e. The predicted octanol–water partition coefficient (Wildman–Crippen LogP) is 0.903. The molecule has 0 aromatic heterocycles. The van der Waals surface area contributed by atoms with E-state index in [0.29, 0.717) is 18.1 Å². The Morgan fingerprint density at radius 1 is 1.57 bits per heavy atom. The van der Waals surface area contributed by atoms with Crippen LogP contribution in [0, 0.1) is 10.8 Å². The first-order valence-electron chi connectivity index (χ1n) is 5.56. The monoisotopic (exact) mass is 199 g/mol. The number of nitrogens with two attached hydrogens (primary N) is 1. The third-order valence-electron chi connectivity index (χ3n) is 4.50. The van der Waals surface area contributed by atoms with Crippen LogP contribution in [0.5, 0.6) is 0 Å². The fraction of sp³-hybridized carbons (Fsp3) is 1.00. The highest BCUT2D eigenvalue weighted by Crippen LogP contribution is 2.69. The van der Waals surface area contributed by atoms with E-state index in [4.69, 9.17) is 10.5 Å². The lowest BCUT2D eigenvalue weighted by Gasteiger charge is -2.32. The number of methoxy groups -OCH3 is 1. The molecule has 0 radical (unpaired) electrons. The summed E-state index contributed by atoms with van der Waals surface area (Å²) in [6.07, 6.45) is 6.22. The van der Waals surface area contributed by atoms with Gasteiger partial charge in [-0.25, -0.2) is 0 Å². The first kappa shape index (κ1) is 10.4. The molecule has 0 amide bonds. The van der Waals surface area contributed by atoms with Crippen LogP contribution in [0.2, 0.25) is 0 Å². The van der Waals surface area contributed by atoms with Gasteiger partial charge in [0.15, 0.2) is 0 Å². The zero-order chi connectivity index (χ0) is 10.2. The zero-order valence-electron chi connectivity index (χ0n) is 8.96. The Morgan fingerprint density at radius 3 is 2.86 bits per heavy atom. The van der Waals surface area contributed by atoms with Crippen molar-refractivity contribution in [1.29, 1.82) is 0 Å². The van der Waals surface area contributed by atoms with Gasteiger partial charge in [-0.15, -0.1) is 0 Å². The van der Waals surface area contributed by atoms with Crippen molar-refractivity contribution in [1.82, 2.24) is 0 Å². The lowest BCUT2D eigenvalue weighted by atomic mass is 9.78. The summed E-state index contributed by atoms with van der Waals surface area (Å²) in [4.78, 5) is 0. The van der Waals surface area contributed by atoms with Crippen molar-refractivity contribution in [2.75, 3.05) is 20.3 Å². The van der Waals surface area contributed by atoms with Gasteiger partial charge in [-0.3, -0.25) is 0 Å². The van der Waals surface area contributed by atoms with Crippen LogP contribution in [-0.2, 0) is 4.74 Å². The van der Waals surface area contributed by atoms with E-state index in [9.17, 15) is 5.11 Å². The minimum Gasteiger partial charge on any atom is -0.396 e. The van der Waals surface area contributed by atoms with E-state index < -0.39 is 0 Å². The standard InChI is InChI=1S/C11H21NO2/c1-14-9-3-2-4-10(5-9)6-11(10,7-12)8-13/h9,13H,2-8,12H2,1H3. The highest BCUT2D eigenvalue weighted by molar-refractivity contribution is 5.16. The summed E-state index contributed by atoms with van der Waals surface area (Å²) in [5.74, 6) is 0. The van der Waals surface area contributed by atoms with E-state index in [1.54, 1.807) is 7.11 Å². The molecule has 3 nitrogen and oxygen atoms in total. The number of rotatable bonds is 3. The molecule has 0 aromatic rings. The summed E-state index contributed by atoms with van der Waals surface area (Å²) in [5.41, 5.74) is 6.12. The van der Waals surface area contributed by atoms with Crippen LogP contribution in [0.1, 0.15) is 32.1 Å². The van der Waals surface area contributed by atoms with E-state index in [-0.39, 0.29) is 12.0 Å². The molecule has 0 aromatic carbocycles. The Bertz CT molecular complexity index is 215. The SMILES string of the molecule is COC1CCCC2(C1)CC2(CN)CO. The van der Waals surface area contributed by atoms with Gasteiger partial charge in [0.05, 0.1) is 12.7 Å². The second-order valence-corrected chi connectivity index (χ2v) is 5.05. The van der Waals surface area contributed by atoms with Gasteiger partial charge in [0, 0.05) is 19.1 Å². The highest BCUT2D eigenvalue weighted by atomic mass is 16.5. The molecule has 2 saturated carbocycles. The van der Waals surface area contributed by atoms with Crippen LogP contribution in [0.4, 0.5) is 0 Å². The summed E-state index contributed by atoms with van der Waals surface area (Å²) >= 11 is 0. The Balaban J connectivity index is 2.04. The lowest BCUT2D eigenvalue weighted by Crippen LogP contribution is -2.32. The van der Waals surface area contributed by atoms with E-state index in [2.05, 4.69) is 0 Å². The third-order valence-corrected chi connectivity index (χ3v) is 4.50. The number of aliphatic hydroxyl groups excluding tert-OH is 1. The van der Waals surface area contributed by atoms with E-state index in [0.717, 1.165) is 12.8 Å². The number of aliphatic hydroxyl groups is 1. The quantitative estimate of drug-likeness (QED) is 0.710. The predicted molar refractivity (Wildman–Crippen MR) is 54.9 cm³/mol. The molecule has 0 saturated heterocycles. The van der Waals surface area contributed by atoms with Crippen LogP contribution in [-0.4, -0.2) is 31.5 Å². The maximum Gasteiger partial charge on any atom is 0.0576 e. The number of ether oxygens (including phenoxy) is 1. The molecule has 2 aliphatic carbocycles. The zero-order valence-corrected chi connectivity index (χ0v) is 8.96. The second-order valence-electron chi connectivity index (χ2n) is 5.05. The third kappa shape index (κ3) is 1.30. The fourth-order valence-electron chi connectivity index (χ4n) is 3.33. The normalized spacial score (nSPS) is 46.9. The average molecular weight is 199 g/mol. The number of hydrogen-bond acceptors (Lipinski definition) is 3. The molecule has 3 heteroatoms. The lowest BCUT2D eigenvalue weighted by molar-refractivity contribution is 0.0262. The first-order valence-corrected chi connectivity index (χ1v) is 5.56. The van der Waals surface area contributed by atoms with Crippen LogP contribution >= 0.6 is 0 Å². The Hall–Kier alpha value is -0.120. The molecule has 0 heterocycles. The van der Waals surface area contributed by atoms with Crippen molar-refractivity contribution in [2.24, 2.45) is 16.6 Å². The van der Waals surface area contributed by atoms with Gasteiger partial charge in [-0.1, -0.05) is 6.42 Å². The van der Waals surface area contributed by atoms with Crippen LogP contribution in [0.3, 0.4) is 0 Å². The van der Waals surface area contributed by atoms with Gasteiger partial charge in [0.1, 0.15) is 0 Å². The summed E-state index contributed by atoms with van der Waals surface area (Å²) in [5, 5.41) is 9.41. The Kier molecular flexibility index (Phi) is 2.58. The van der Waals surface area contributed by atoms with E-state index in [1.165, 1.54) is 19.3 Å². The maximum atomic E-state index is 9.41. The second kappa shape index (κ2) is 3.47. The molecule has 3 unspecified atom stereocenters. The number of hydrogen-bond donors (Lipinski definition) is 2. The molecule has 2 fully saturated rings. The van der Waals surface area contributed by atoms with Gasteiger partial charge >= 0.3 is 0 Å². The molecule has 2 aliphatic rings. The van der Waals surface area contributed by atoms with Crippen molar-refractivity contribution in [3.05, 3.63) is 0 Å². The van der Waals surface area contributed by atoms with E-state index in [1.807, 2.05) is 0 Å². The molecule has 82 valence electrons. The molecule has 0 bridgehead atoms. The molecular formula is C11H21NO2. The highest BCUT2D eigenvalue weighted by Gasteiger charge is 2.66. The molecule has 1 spiro atoms. The van der Waals surface area contributed by atoms with Gasteiger partial charge < -0.3 is 15.6 Å². The van der Waals surface area contributed by atoms with Crippen molar-refractivity contribution in [3.8, 4) is 0 Å². The topological polar surface area (TPSA) is 55.5 Å². The minimum atomic E-state index is 0.0319. The summed E-state index contributed by atoms with van der Waals surface area (Å²) in [6.45, 7) is 0.875. The van der Waals surface area contributed by atoms with Crippen molar-refractivity contribution >= 4 is 0 Å². The average Bonchev–Trinajstić information content (AvgIpc) is 2.86. The molecule has 14 heavy (non-hydrogen) atoms. The molecule has 3 N–H and O–H groups in total. The maximum absolute atomic E-state index is 9.41. The summed E-state index contributed by atoms with van der Waals surface area (Å²) in [6, 6.07) is 0. The van der Waals surface area contributed by atoms with Crippen LogP contribution in [0.25, 0.3) is 0 Å². The van der Waals surface area contributed by atoms with Gasteiger partial charge in [0.25, 0.3) is 0 Å². The van der Waals surface area contributed by atoms with Crippen molar-refractivity contribution in [2.45, 2.75) is 38.2 Å². The Morgan fingerprint density at radius 2 is 2.36 bits per heavy atom. The molecular weight excluding hydrogens is 178 g/mol. The summed E-state index contributed by atoms with van der Waals surface area (Å²) < 4.78 is 5.43. The molecule has 2 rings (SSSR count). The van der Waals surface area contributed by atoms with Crippen LogP contribution in [0.15, 0.2) is 0 Å². The minimum absolute atomic E-state index is 0.0319. The van der Waals surface area contributed by atoms with Gasteiger partial charge in [-0.2, -0.15) is 0 Å². The van der Waals surface area contributed by atoms with Crippen molar-refractivity contribution in [3.63, 3.8) is 0 Å². The largest absolute Gasteiger partial charge is 0.396 e. The van der Waals surface area contributed by atoms with Gasteiger partial charge in [0.2, 0.25) is 0 Å². The van der Waals surface area contributed by atoms with Crippen LogP contribution < -0.4 is 5.73 Å². The van der Waals surface area contributed by atoms with E-state index >= 15 is 0 Å². The summed E-state index contributed by atoms with van der Waals surface area (Å²) in [7, 11) is 1.79. The first-order chi connectivity index (χ1) is 6.72.